The van der Waals surface area contributed by atoms with E-state index in [4.69, 9.17) is 10.5 Å². The van der Waals surface area contributed by atoms with E-state index in [9.17, 15) is 4.39 Å². The highest BCUT2D eigenvalue weighted by Gasteiger charge is 2.11. The monoisotopic (exact) mass is 263 g/mol. The smallest absolute Gasteiger partial charge is 0.165 e. The van der Waals surface area contributed by atoms with Gasteiger partial charge in [-0.15, -0.1) is 0 Å². The van der Waals surface area contributed by atoms with Crippen LogP contribution in [-0.2, 0) is 20.1 Å². The van der Waals surface area contributed by atoms with Gasteiger partial charge in [0.05, 0.1) is 11.4 Å². The molecule has 1 aromatic carbocycles. The molecule has 4 nitrogen and oxygen atoms in total. The number of ether oxygens (including phenoxy) is 1. The van der Waals surface area contributed by atoms with Gasteiger partial charge in [0, 0.05) is 7.05 Å². The number of aromatic nitrogens is 2. The predicted octanol–water partition coefficient (Wildman–Crippen LogP) is 1.95. The van der Waals surface area contributed by atoms with Gasteiger partial charge in [0.15, 0.2) is 11.6 Å². The van der Waals surface area contributed by atoms with E-state index in [1.54, 1.807) is 10.7 Å². The predicted molar refractivity (Wildman–Crippen MR) is 71.4 cm³/mol. The average Bonchev–Trinajstić information content (AvgIpc) is 2.67. The Labute approximate surface area is 112 Å². The van der Waals surface area contributed by atoms with Crippen molar-refractivity contribution >= 4 is 0 Å². The van der Waals surface area contributed by atoms with E-state index in [1.165, 1.54) is 6.07 Å². The van der Waals surface area contributed by atoms with Crippen molar-refractivity contribution in [3.63, 3.8) is 0 Å². The molecular formula is C14H18FN3O. The highest BCUT2D eigenvalue weighted by Crippen LogP contribution is 2.24. The van der Waals surface area contributed by atoms with Crippen molar-refractivity contribution in [3.8, 4) is 5.75 Å². The zero-order chi connectivity index (χ0) is 13.8. The fourth-order valence-corrected chi connectivity index (χ4v) is 2.01. The summed E-state index contributed by atoms with van der Waals surface area (Å²) in [6.07, 6.45) is 0.595. The van der Waals surface area contributed by atoms with E-state index in [0.29, 0.717) is 13.0 Å². The summed E-state index contributed by atoms with van der Waals surface area (Å²) in [5.74, 6) is -0.0726. The van der Waals surface area contributed by atoms with Gasteiger partial charge in [0.2, 0.25) is 0 Å². The van der Waals surface area contributed by atoms with Crippen LogP contribution < -0.4 is 10.5 Å². The van der Waals surface area contributed by atoms with Crippen LogP contribution in [0.1, 0.15) is 17.0 Å². The second kappa shape index (κ2) is 5.84. The molecule has 0 spiro atoms. The second-order valence-electron chi connectivity index (χ2n) is 4.46. The maximum absolute atomic E-state index is 13.8. The topological polar surface area (TPSA) is 53.1 Å². The molecule has 0 unspecified atom stereocenters. The molecule has 0 fully saturated rings. The summed E-state index contributed by atoms with van der Waals surface area (Å²) in [5.41, 5.74) is 8.13. The third-order valence-electron chi connectivity index (χ3n) is 2.93. The highest BCUT2D eigenvalue weighted by molar-refractivity contribution is 5.35. The lowest BCUT2D eigenvalue weighted by Gasteiger charge is -2.12. The summed E-state index contributed by atoms with van der Waals surface area (Å²) in [7, 11) is 1.84. The molecule has 0 amide bonds. The molecule has 0 radical (unpaired) electrons. The van der Waals surface area contributed by atoms with Crippen molar-refractivity contribution in [3.05, 3.63) is 47.0 Å². The number of halogens is 1. The quantitative estimate of drug-likeness (QED) is 0.897. The molecule has 0 aliphatic carbocycles. The van der Waals surface area contributed by atoms with E-state index in [2.05, 4.69) is 5.10 Å². The number of hydrogen-bond acceptors (Lipinski definition) is 3. The van der Waals surface area contributed by atoms with Gasteiger partial charge in [-0.25, -0.2) is 4.39 Å². The molecule has 2 N–H and O–H groups in total. The number of nitrogens with two attached hydrogens (primary N) is 1. The van der Waals surface area contributed by atoms with Crippen molar-refractivity contribution in [1.82, 2.24) is 9.78 Å². The molecule has 19 heavy (non-hydrogen) atoms. The standard InChI is InChI=1S/C14H18FN3O/c1-10-8-12(18(2)17-10)9-19-14-11(6-7-16)4-3-5-13(14)15/h3-5,8H,6-7,9,16H2,1-2H3. The minimum absolute atomic E-state index is 0.284. The molecule has 0 saturated carbocycles. The van der Waals surface area contributed by atoms with Crippen molar-refractivity contribution in [1.29, 1.82) is 0 Å². The van der Waals surface area contributed by atoms with Crippen molar-refractivity contribution in [2.24, 2.45) is 12.8 Å². The first kappa shape index (κ1) is 13.5. The first-order chi connectivity index (χ1) is 9.11. The lowest BCUT2D eigenvalue weighted by Crippen LogP contribution is -2.08. The molecule has 0 bridgehead atoms. The van der Waals surface area contributed by atoms with Gasteiger partial charge < -0.3 is 10.5 Å². The van der Waals surface area contributed by atoms with Crippen molar-refractivity contribution < 1.29 is 9.13 Å². The molecule has 0 atom stereocenters. The fraction of sp³-hybridized carbons (Fsp3) is 0.357. The number of hydrogen-bond donors (Lipinski definition) is 1. The van der Waals surface area contributed by atoms with Gasteiger partial charge in [-0.3, -0.25) is 4.68 Å². The Morgan fingerprint density at radius 2 is 2.21 bits per heavy atom. The minimum atomic E-state index is -0.357. The molecule has 0 saturated heterocycles. The van der Waals surface area contributed by atoms with Crippen molar-refractivity contribution in [2.45, 2.75) is 20.0 Å². The highest BCUT2D eigenvalue weighted by atomic mass is 19.1. The van der Waals surface area contributed by atoms with E-state index in [1.807, 2.05) is 26.1 Å². The molecule has 2 rings (SSSR count). The molecule has 2 aromatic rings. The third-order valence-corrected chi connectivity index (χ3v) is 2.93. The van der Waals surface area contributed by atoms with Gasteiger partial charge in [-0.1, -0.05) is 12.1 Å². The first-order valence-electron chi connectivity index (χ1n) is 6.21. The zero-order valence-corrected chi connectivity index (χ0v) is 11.2. The normalized spacial score (nSPS) is 10.7. The molecule has 102 valence electrons. The summed E-state index contributed by atoms with van der Waals surface area (Å²) in [6.45, 7) is 2.66. The number of nitrogens with zero attached hydrogens (tertiary/aromatic N) is 2. The number of rotatable bonds is 5. The van der Waals surface area contributed by atoms with Crippen LogP contribution in [0.5, 0.6) is 5.75 Å². The van der Waals surface area contributed by atoms with E-state index >= 15 is 0 Å². The second-order valence-corrected chi connectivity index (χ2v) is 4.46. The Morgan fingerprint density at radius 1 is 1.42 bits per heavy atom. The maximum atomic E-state index is 13.8. The maximum Gasteiger partial charge on any atom is 0.165 e. The Bertz CT molecular complexity index is 566. The number of benzene rings is 1. The summed E-state index contributed by atoms with van der Waals surface area (Å²) < 4.78 is 21.1. The fourth-order valence-electron chi connectivity index (χ4n) is 2.01. The van der Waals surface area contributed by atoms with Gasteiger partial charge in [-0.2, -0.15) is 5.10 Å². The average molecular weight is 263 g/mol. The van der Waals surface area contributed by atoms with Crippen LogP contribution in [0.4, 0.5) is 4.39 Å². The van der Waals surface area contributed by atoms with E-state index in [-0.39, 0.29) is 18.2 Å². The van der Waals surface area contributed by atoms with Crippen molar-refractivity contribution in [2.75, 3.05) is 6.54 Å². The molecule has 1 aromatic heterocycles. The minimum Gasteiger partial charge on any atom is -0.484 e. The summed E-state index contributed by atoms with van der Waals surface area (Å²) in [6, 6.07) is 6.81. The van der Waals surface area contributed by atoms with Gasteiger partial charge in [0.1, 0.15) is 6.61 Å². The van der Waals surface area contributed by atoms with Crippen LogP contribution in [0.25, 0.3) is 0 Å². The lowest BCUT2D eigenvalue weighted by molar-refractivity contribution is 0.277. The molecule has 0 aliphatic rings. The lowest BCUT2D eigenvalue weighted by atomic mass is 10.1. The molecule has 0 aliphatic heterocycles. The summed E-state index contributed by atoms with van der Waals surface area (Å²) in [5, 5.41) is 4.23. The van der Waals surface area contributed by atoms with Crippen LogP contribution in [-0.4, -0.2) is 16.3 Å². The van der Waals surface area contributed by atoms with Crippen LogP contribution in [0, 0.1) is 12.7 Å². The Morgan fingerprint density at radius 3 is 2.84 bits per heavy atom. The number of aryl methyl sites for hydroxylation is 2. The molecular weight excluding hydrogens is 245 g/mol. The number of para-hydroxylation sites is 1. The largest absolute Gasteiger partial charge is 0.484 e. The van der Waals surface area contributed by atoms with Gasteiger partial charge >= 0.3 is 0 Å². The van der Waals surface area contributed by atoms with E-state index < -0.39 is 0 Å². The molecule has 1 heterocycles. The summed E-state index contributed by atoms with van der Waals surface area (Å²) in [4.78, 5) is 0. The molecule has 5 heteroatoms. The van der Waals surface area contributed by atoms with E-state index in [0.717, 1.165) is 17.0 Å². The Balaban J connectivity index is 2.17. The van der Waals surface area contributed by atoms with Gasteiger partial charge in [-0.05, 0) is 37.6 Å². The Hall–Kier alpha value is -1.88. The van der Waals surface area contributed by atoms with Crippen LogP contribution in [0.3, 0.4) is 0 Å². The first-order valence-corrected chi connectivity index (χ1v) is 6.21. The third kappa shape index (κ3) is 3.12. The van der Waals surface area contributed by atoms with Crippen LogP contribution >= 0.6 is 0 Å². The zero-order valence-electron chi connectivity index (χ0n) is 11.2. The summed E-state index contributed by atoms with van der Waals surface area (Å²) >= 11 is 0. The van der Waals surface area contributed by atoms with Crippen LogP contribution in [0.2, 0.25) is 0 Å². The van der Waals surface area contributed by atoms with Crippen LogP contribution in [0.15, 0.2) is 24.3 Å². The SMILES string of the molecule is Cc1cc(COc2c(F)cccc2CCN)n(C)n1. The Kier molecular flexibility index (Phi) is 4.16. The van der Waals surface area contributed by atoms with Gasteiger partial charge in [0.25, 0.3) is 0 Å².